The number of carbonyl (C=O) groups excluding carboxylic acids is 1. The van der Waals surface area contributed by atoms with Crippen molar-refractivity contribution < 1.29 is 18.7 Å². The molecule has 1 aliphatic heterocycles. The minimum atomic E-state index is -0.585. The van der Waals surface area contributed by atoms with Crippen molar-refractivity contribution in [3.05, 3.63) is 53.0 Å². The van der Waals surface area contributed by atoms with Gasteiger partial charge in [-0.05, 0) is 44.0 Å². The molecule has 8 nitrogen and oxygen atoms in total. The van der Waals surface area contributed by atoms with Crippen LogP contribution in [-0.4, -0.2) is 38.2 Å². The fourth-order valence-corrected chi connectivity index (χ4v) is 3.13. The summed E-state index contributed by atoms with van der Waals surface area (Å²) in [7, 11) is 0. The molecule has 1 amide bonds. The number of halogens is 1. The Balaban J connectivity index is 0.00000341. The molecule has 9 heteroatoms. The van der Waals surface area contributed by atoms with Crippen LogP contribution < -0.4 is 21.1 Å². The Labute approximate surface area is 200 Å². The fraction of sp³-hybridized carbons (Fsp3) is 0.455. The number of furan rings is 1. The summed E-state index contributed by atoms with van der Waals surface area (Å²) in [5.74, 6) is 2.11. The number of nitrogens with two attached hydrogens (primary N) is 1. The summed E-state index contributed by atoms with van der Waals surface area (Å²) in [5, 5.41) is 6.41. The Bertz CT molecular complexity index is 878. The zero-order valence-corrected chi connectivity index (χ0v) is 20.3. The van der Waals surface area contributed by atoms with E-state index in [-0.39, 0.29) is 29.7 Å². The normalized spacial score (nSPS) is 15.9. The second-order valence-electron chi connectivity index (χ2n) is 7.33. The van der Waals surface area contributed by atoms with Crippen LogP contribution in [0.3, 0.4) is 0 Å². The van der Waals surface area contributed by atoms with Gasteiger partial charge >= 0.3 is 0 Å². The first kappa shape index (κ1) is 25.0. The first-order valence-corrected chi connectivity index (χ1v) is 10.3. The van der Waals surface area contributed by atoms with E-state index in [0.717, 1.165) is 43.1 Å². The monoisotopic (exact) mass is 542 g/mol. The maximum Gasteiger partial charge on any atom is 0.284 e. The maximum atomic E-state index is 11.2. The summed E-state index contributed by atoms with van der Waals surface area (Å²) in [6, 6.07) is 9.44. The number of guanidine groups is 1. The predicted octanol–water partition coefficient (Wildman–Crippen LogP) is 2.98. The van der Waals surface area contributed by atoms with Crippen LogP contribution in [0.25, 0.3) is 0 Å². The number of nitrogens with one attached hydrogen (secondary N) is 2. The zero-order valence-electron chi connectivity index (χ0n) is 18.0. The molecule has 31 heavy (non-hydrogen) atoms. The molecule has 1 unspecified atom stereocenters. The van der Waals surface area contributed by atoms with E-state index < -0.39 is 5.91 Å². The van der Waals surface area contributed by atoms with Gasteiger partial charge in [0.2, 0.25) is 0 Å². The quantitative estimate of drug-likeness (QED) is 0.255. The van der Waals surface area contributed by atoms with E-state index in [1.165, 1.54) is 0 Å². The second kappa shape index (κ2) is 12.6. The number of aryl methyl sites for hydroxylation is 1. The lowest BCUT2D eigenvalue weighted by molar-refractivity contribution is 0.0972. The Morgan fingerprint density at radius 2 is 2.13 bits per heavy atom. The van der Waals surface area contributed by atoms with E-state index in [4.69, 9.17) is 19.6 Å². The van der Waals surface area contributed by atoms with Gasteiger partial charge < -0.3 is 30.3 Å². The van der Waals surface area contributed by atoms with Crippen molar-refractivity contribution in [2.45, 2.75) is 33.4 Å². The Kier molecular flexibility index (Phi) is 10.1. The van der Waals surface area contributed by atoms with Crippen molar-refractivity contribution in [2.24, 2.45) is 16.6 Å². The highest BCUT2D eigenvalue weighted by atomic mass is 127. The maximum absolute atomic E-state index is 11.2. The third-order valence-electron chi connectivity index (χ3n) is 4.81. The second-order valence-corrected chi connectivity index (χ2v) is 7.33. The summed E-state index contributed by atoms with van der Waals surface area (Å²) in [6.07, 6.45) is 1.04. The molecule has 170 valence electrons. The van der Waals surface area contributed by atoms with Crippen LogP contribution in [0.1, 0.15) is 40.8 Å². The first-order valence-electron chi connectivity index (χ1n) is 10.3. The molecule has 1 fully saturated rings. The van der Waals surface area contributed by atoms with E-state index >= 15 is 0 Å². The molecule has 1 atom stereocenters. The number of aliphatic imine (C=N–C) groups is 1. The van der Waals surface area contributed by atoms with E-state index in [9.17, 15) is 4.79 Å². The number of benzene rings is 1. The third-order valence-corrected chi connectivity index (χ3v) is 4.81. The molecule has 1 aliphatic rings. The van der Waals surface area contributed by atoms with E-state index in [1.54, 1.807) is 12.1 Å². The van der Waals surface area contributed by atoms with E-state index in [2.05, 4.69) is 33.8 Å². The highest BCUT2D eigenvalue weighted by Crippen LogP contribution is 2.23. The van der Waals surface area contributed by atoms with Crippen molar-refractivity contribution in [1.29, 1.82) is 0 Å². The highest BCUT2D eigenvalue weighted by Gasteiger charge is 2.17. The van der Waals surface area contributed by atoms with E-state index in [0.29, 0.717) is 37.3 Å². The van der Waals surface area contributed by atoms with Crippen LogP contribution in [0, 0.1) is 12.8 Å². The number of amides is 1. The summed E-state index contributed by atoms with van der Waals surface area (Å²) >= 11 is 0. The van der Waals surface area contributed by atoms with Gasteiger partial charge in [0.05, 0.1) is 26.3 Å². The molecule has 0 aliphatic carbocycles. The lowest BCUT2D eigenvalue weighted by atomic mass is 10.1. The summed E-state index contributed by atoms with van der Waals surface area (Å²) in [4.78, 5) is 15.8. The SMILES string of the molecule is CCNC(=NCc1ccc(C)cc1OCC1CCOC1)NCc1ccc(C(N)=O)o1.I. The van der Waals surface area contributed by atoms with Crippen LogP contribution in [0.2, 0.25) is 0 Å². The summed E-state index contributed by atoms with van der Waals surface area (Å²) < 4.78 is 16.9. The van der Waals surface area contributed by atoms with Gasteiger partial charge in [0.15, 0.2) is 11.7 Å². The number of hydrogen-bond donors (Lipinski definition) is 3. The number of carbonyl (C=O) groups is 1. The first-order chi connectivity index (χ1) is 14.5. The lowest BCUT2D eigenvalue weighted by Crippen LogP contribution is -2.36. The minimum absolute atomic E-state index is 0. The van der Waals surface area contributed by atoms with Gasteiger partial charge in [-0.15, -0.1) is 24.0 Å². The van der Waals surface area contributed by atoms with Crippen molar-refractivity contribution in [3.8, 4) is 5.75 Å². The van der Waals surface area contributed by atoms with Crippen molar-refractivity contribution in [3.63, 3.8) is 0 Å². The molecule has 2 aromatic rings. The molecule has 1 aromatic heterocycles. The smallest absolute Gasteiger partial charge is 0.284 e. The molecular weight excluding hydrogens is 511 g/mol. The Hall–Kier alpha value is -2.27. The zero-order chi connectivity index (χ0) is 21.3. The van der Waals surface area contributed by atoms with Crippen LogP contribution in [-0.2, 0) is 17.8 Å². The van der Waals surface area contributed by atoms with Gasteiger partial charge in [-0.3, -0.25) is 4.79 Å². The molecular formula is C22H31IN4O4. The van der Waals surface area contributed by atoms with Gasteiger partial charge in [-0.25, -0.2) is 4.99 Å². The molecule has 0 radical (unpaired) electrons. The number of primary amides is 1. The van der Waals surface area contributed by atoms with Crippen LogP contribution in [0.15, 0.2) is 39.7 Å². The van der Waals surface area contributed by atoms with Crippen molar-refractivity contribution >= 4 is 35.8 Å². The molecule has 1 aromatic carbocycles. The molecule has 2 heterocycles. The molecule has 3 rings (SSSR count). The molecule has 4 N–H and O–H groups in total. The number of ether oxygens (including phenoxy) is 2. The Morgan fingerprint density at radius 1 is 1.29 bits per heavy atom. The summed E-state index contributed by atoms with van der Waals surface area (Å²) in [5.41, 5.74) is 7.39. The molecule has 0 bridgehead atoms. The number of nitrogens with zero attached hydrogens (tertiary/aromatic N) is 1. The van der Waals surface area contributed by atoms with Crippen LogP contribution >= 0.6 is 24.0 Å². The predicted molar refractivity (Wildman–Crippen MR) is 130 cm³/mol. The van der Waals surface area contributed by atoms with Crippen molar-refractivity contribution in [1.82, 2.24) is 10.6 Å². The lowest BCUT2D eigenvalue weighted by Gasteiger charge is -2.15. The van der Waals surface area contributed by atoms with Crippen LogP contribution in [0.4, 0.5) is 0 Å². The number of rotatable bonds is 9. The molecule has 1 saturated heterocycles. The van der Waals surface area contributed by atoms with Gasteiger partial charge in [0.25, 0.3) is 5.91 Å². The third kappa shape index (κ3) is 7.73. The fourth-order valence-electron chi connectivity index (χ4n) is 3.13. The largest absolute Gasteiger partial charge is 0.493 e. The number of hydrogen-bond acceptors (Lipinski definition) is 5. The van der Waals surface area contributed by atoms with Gasteiger partial charge in [0, 0.05) is 24.6 Å². The molecule has 0 spiro atoms. The van der Waals surface area contributed by atoms with Crippen LogP contribution in [0.5, 0.6) is 5.75 Å². The average Bonchev–Trinajstić information content (AvgIpc) is 3.41. The Morgan fingerprint density at radius 3 is 2.81 bits per heavy atom. The average molecular weight is 542 g/mol. The van der Waals surface area contributed by atoms with Gasteiger partial charge in [-0.2, -0.15) is 0 Å². The van der Waals surface area contributed by atoms with Gasteiger partial charge in [0.1, 0.15) is 11.5 Å². The van der Waals surface area contributed by atoms with Gasteiger partial charge in [-0.1, -0.05) is 12.1 Å². The highest BCUT2D eigenvalue weighted by molar-refractivity contribution is 14.0. The molecule has 0 saturated carbocycles. The van der Waals surface area contributed by atoms with Crippen molar-refractivity contribution in [2.75, 3.05) is 26.4 Å². The van der Waals surface area contributed by atoms with E-state index in [1.807, 2.05) is 13.8 Å². The topological polar surface area (TPSA) is 111 Å². The standard InChI is InChI=1S/C22H30N4O4.HI/c1-3-24-22(26-12-18-6-7-19(30-18)21(23)27)25-11-17-5-4-15(2)10-20(17)29-14-16-8-9-28-13-16;/h4-7,10,16H,3,8-9,11-14H2,1-2H3,(H2,23,27)(H2,24,25,26);1H. The minimum Gasteiger partial charge on any atom is -0.493 e. The summed E-state index contributed by atoms with van der Waals surface area (Å²) in [6.45, 7) is 7.85.